The molecule has 4 heteroatoms. The third kappa shape index (κ3) is 2.85. The maximum Gasteiger partial charge on any atom is 0.119 e. The Morgan fingerprint density at radius 2 is 2.21 bits per heavy atom. The third-order valence-corrected chi connectivity index (χ3v) is 6.29. The van der Waals surface area contributed by atoms with Gasteiger partial charge in [0.25, 0.3) is 0 Å². The fourth-order valence-corrected chi connectivity index (χ4v) is 5.23. The number of aliphatic hydroxyl groups excluding tert-OH is 1. The number of aliphatic hydroxyl groups is 1. The minimum atomic E-state index is -0.481. The summed E-state index contributed by atoms with van der Waals surface area (Å²) >= 11 is 0. The van der Waals surface area contributed by atoms with E-state index in [0.29, 0.717) is 36.6 Å². The largest absolute Gasteiger partial charge is 0.491 e. The summed E-state index contributed by atoms with van der Waals surface area (Å²) in [6.45, 7) is 3.89. The van der Waals surface area contributed by atoms with Crippen LogP contribution < -0.4 is 10.1 Å². The average molecular weight is 331 g/mol. The van der Waals surface area contributed by atoms with Gasteiger partial charge >= 0.3 is 0 Å². The van der Waals surface area contributed by atoms with Gasteiger partial charge in [-0.2, -0.15) is 0 Å². The van der Waals surface area contributed by atoms with Crippen molar-refractivity contribution < 1.29 is 14.6 Å². The van der Waals surface area contributed by atoms with Crippen LogP contribution in [0, 0.1) is 18.3 Å². The van der Waals surface area contributed by atoms with E-state index in [4.69, 9.17) is 9.47 Å². The molecule has 3 fully saturated rings. The zero-order chi connectivity index (χ0) is 16.6. The van der Waals surface area contributed by atoms with Crippen LogP contribution in [0.3, 0.4) is 0 Å². The number of rotatable bonds is 6. The van der Waals surface area contributed by atoms with Crippen LogP contribution in [-0.2, 0) is 4.74 Å². The molecule has 1 aromatic rings. The first kappa shape index (κ1) is 16.4. The standard InChI is InChI=1S/C20H29NO3/c1-14-5-4-6-16(11-14)24-13-15(22)12-21-18-17-7-10-23-19(17)20(18)8-2-3-9-20/h4-6,11,15,17-19,21-22H,2-3,7-10,12-13H2,1H3. The van der Waals surface area contributed by atoms with Crippen LogP contribution in [0.4, 0.5) is 0 Å². The highest BCUT2D eigenvalue weighted by atomic mass is 16.5. The molecule has 1 aromatic carbocycles. The number of ether oxygens (including phenoxy) is 2. The van der Waals surface area contributed by atoms with Crippen molar-refractivity contribution in [1.29, 1.82) is 0 Å². The van der Waals surface area contributed by atoms with Crippen LogP contribution in [-0.4, -0.2) is 43.1 Å². The van der Waals surface area contributed by atoms with Gasteiger partial charge in [-0.15, -0.1) is 0 Å². The molecule has 2 aliphatic carbocycles. The van der Waals surface area contributed by atoms with Crippen LogP contribution in [0.1, 0.15) is 37.7 Å². The predicted molar refractivity (Wildman–Crippen MR) is 93.2 cm³/mol. The average Bonchev–Trinajstić information content (AvgIpc) is 3.21. The second-order valence-electron chi connectivity index (χ2n) is 7.85. The number of nitrogens with one attached hydrogen (secondary N) is 1. The summed E-state index contributed by atoms with van der Waals surface area (Å²) in [4.78, 5) is 0. The van der Waals surface area contributed by atoms with Gasteiger partial charge in [0.2, 0.25) is 0 Å². The normalized spacial score (nSPS) is 31.7. The lowest BCUT2D eigenvalue weighted by Gasteiger charge is -2.57. The monoisotopic (exact) mass is 331 g/mol. The van der Waals surface area contributed by atoms with E-state index < -0.39 is 6.10 Å². The molecule has 0 amide bonds. The summed E-state index contributed by atoms with van der Waals surface area (Å²) in [7, 11) is 0. The van der Waals surface area contributed by atoms with Crippen LogP contribution in [0.5, 0.6) is 5.75 Å². The Bertz CT molecular complexity index is 570. The van der Waals surface area contributed by atoms with Gasteiger partial charge < -0.3 is 19.9 Å². The summed E-state index contributed by atoms with van der Waals surface area (Å²) in [6.07, 6.45) is 6.36. The van der Waals surface area contributed by atoms with Crippen LogP contribution in [0.25, 0.3) is 0 Å². The van der Waals surface area contributed by atoms with E-state index in [1.165, 1.54) is 37.7 Å². The van der Waals surface area contributed by atoms with Crippen molar-refractivity contribution in [2.24, 2.45) is 11.3 Å². The molecule has 1 aliphatic heterocycles. The molecule has 4 atom stereocenters. The Balaban J connectivity index is 1.28. The van der Waals surface area contributed by atoms with E-state index in [-0.39, 0.29) is 0 Å². The van der Waals surface area contributed by atoms with E-state index in [9.17, 15) is 5.11 Å². The van der Waals surface area contributed by atoms with Crippen molar-refractivity contribution >= 4 is 0 Å². The topological polar surface area (TPSA) is 50.7 Å². The first-order valence-corrected chi connectivity index (χ1v) is 9.41. The summed E-state index contributed by atoms with van der Waals surface area (Å²) in [5.41, 5.74) is 1.52. The summed E-state index contributed by atoms with van der Waals surface area (Å²) in [6, 6.07) is 8.48. The molecule has 3 aliphatic rings. The Morgan fingerprint density at radius 1 is 1.38 bits per heavy atom. The van der Waals surface area contributed by atoms with E-state index in [1.807, 2.05) is 31.2 Å². The quantitative estimate of drug-likeness (QED) is 0.841. The minimum Gasteiger partial charge on any atom is -0.491 e. The first-order valence-electron chi connectivity index (χ1n) is 9.41. The van der Waals surface area contributed by atoms with Crippen LogP contribution >= 0.6 is 0 Å². The fourth-order valence-electron chi connectivity index (χ4n) is 5.23. The predicted octanol–water partition coefficient (Wildman–Crippen LogP) is 2.67. The van der Waals surface area contributed by atoms with Gasteiger partial charge in [-0.25, -0.2) is 0 Å². The molecular weight excluding hydrogens is 302 g/mol. The zero-order valence-corrected chi connectivity index (χ0v) is 14.5. The van der Waals surface area contributed by atoms with Crippen molar-refractivity contribution in [1.82, 2.24) is 5.32 Å². The van der Waals surface area contributed by atoms with Crippen molar-refractivity contribution in [3.8, 4) is 5.75 Å². The smallest absolute Gasteiger partial charge is 0.119 e. The van der Waals surface area contributed by atoms with Gasteiger partial charge in [-0.05, 0) is 43.9 Å². The molecule has 4 nitrogen and oxygen atoms in total. The lowest BCUT2D eigenvalue weighted by atomic mass is 9.54. The maximum atomic E-state index is 10.3. The number of fused-ring (bicyclic) bond motifs is 2. The van der Waals surface area contributed by atoms with E-state index in [1.54, 1.807) is 0 Å². The molecule has 0 aromatic heterocycles. The van der Waals surface area contributed by atoms with Gasteiger partial charge in [0, 0.05) is 30.5 Å². The SMILES string of the molecule is Cc1cccc(OCC(O)CNC2C3CCOC3C23CCCC3)c1. The van der Waals surface area contributed by atoms with E-state index >= 15 is 0 Å². The van der Waals surface area contributed by atoms with E-state index in [0.717, 1.165) is 12.4 Å². The van der Waals surface area contributed by atoms with Crippen LogP contribution in [0.2, 0.25) is 0 Å². The minimum absolute atomic E-state index is 0.334. The molecule has 4 rings (SSSR count). The van der Waals surface area contributed by atoms with Gasteiger partial charge in [-0.1, -0.05) is 25.0 Å². The maximum absolute atomic E-state index is 10.3. The highest BCUT2D eigenvalue weighted by molar-refractivity contribution is 5.27. The molecule has 1 heterocycles. The van der Waals surface area contributed by atoms with Crippen molar-refractivity contribution in [3.05, 3.63) is 29.8 Å². The van der Waals surface area contributed by atoms with Crippen LogP contribution in [0.15, 0.2) is 24.3 Å². The van der Waals surface area contributed by atoms with Gasteiger partial charge in [0.15, 0.2) is 0 Å². The van der Waals surface area contributed by atoms with Gasteiger partial charge in [0.05, 0.1) is 6.10 Å². The number of benzene rings is 1. The molecule has 4 unspecified atom stereocenters. The third-order valence-electron chi connectivity index (χ3n) is 6.29. The number of aryl methyl sites for hydroxylation is 1. The highest BCUT2D eigenvalue weighted by Crippen LogP contribution is 2.60. The first-order chi connectivity index (χ1) is 11.7. The Morgan fingerprint density at radius 3 is 3.00 bits per heavy atom. The summed E-state index contributed by atoms with van der Waals surface area (Å²) in [5.74, 6) is 1.47. The van der Waals surface area contributed by atoms with Gasteiger partial charge in [-0.3, -0.25) is 0 Å². The molecule has 2 saturated carbocycles. The Kier molecular flexibility index (Phi) is 4.54. The molecule has 0 bridgehead atoms. The van der Waals surface area contributed by atoms with Crippen molar-refractivity contribution in [2.75, 3.05) is 19.8 Å². The molecule has 132 valence electrons. The molecule has 1 saturated heterocycles. The van der Waals surface area contributed by atoms with Crippen molar-refractivity contribution in [3.63, 3.8) is 0 Å². The molecule has 2 N–H and O–H groups in total. The number of hydrogen-bond donors (Lipinski definition) is 2. The molecule has 0 radical (unpaired) electrons. The highest BCUT2D eigenvalue weighted by Gasteiger charge is 2.64. The number of hydrogen-bond acceptors (Lipinski definition) is 4. The summed E-state index contributed by atoms with van der Waals surface area (Å²) < 4.78 is 11.7. The molecule has 24 heavy (non-hydrogen) atoms. The fraction of sp³-hybridized carbons (Fsp3) is 0.700. The lowest BCUT2D eigenvalue weighted by molar-refractivity contribution is -0.132. The Labute approximate surface area is 144 Å². The molecule has 1 spiro atoms. The van der Waals surface area contributed by atoms with Crippen molar-refractivity contribution in [2.45, 2.75) is 57.3 Å². The van der Waals surface area contributed by atoms with E-state index in [2.05, 4.69) is 5.32 Å². The lowest BCUT2D eigenvalue weighted by Crippen LogP contribution is -2.68. The van der Waals surface area contributed by atoms with Gasteiger partial charge in [0.1, 0.15) is 18.5 Å². The molecular formula is C20H29NO3. The second-order valence-corrected chi connectivity index (χ2v) is 7.85. The Hall–Kier alpha value is -1.10. The zero-order valence-electron chi connectivity index (χ0n) is 14.5. The summed E-state index contributed by atoms with van der Waals surface area (Å²) in [5, 5.41) is 14.0. The second kappa shape index (κ2) is 6.66.